The van der Waals surface area contributed by atoms with Crippen molar-refractivity contribution >= 4 is 5.91 Å². The van der Waals surface area contributed by atoms with E-state index in [0.717, 1.165) is 43.0 Å². The molecule has 1 saturated heterocycles. The molecule has 0 unspecified atom stereocenters. The lowest BCUT2D eigenvalue weighted by Gasteiger charge is -2.26. The summed E-state index contributed by atoms with van der Waals surface area (Å²) in [4.78, 5) is 25.8. The number of nitrogens with zero attached hydrogens (tertiary/aromatic N) is 6. The molecular weight excluding hydrogens is 320 g/mol. The fraction of sp³-hybridized carbons (Fsp3) is 0.588. The number of hydrogen-bond acceptors (Lipinski definition) is 7. The molecule has 0 saturated carbocycles. The Bertz CT molecular complexity index is 757. The van der Waals surface area contributed by atoms with Crippen LogP contribution in [0.5, 0.6) is 0 Å². The first kappa shape index (κ1) is 17.5. The summed E-state index contributed by atoms with van der Waals surface area (Å²) in [6.45, 7) is 5.16. The Balaban J connectivity index is 1.85. The number of hydrogen-bond donors (Lipinski definition) is 0. The van der Waals surface area contributed by atoms with Crippen LogP contribution in [0.15, 0.2) is 10.8 Å². The number of likely N-dealkylation sites (tertiary alicyclic amines) is 1. The molecule has 0 radical (unpaired) electrons. The van der Waals surface area contributed by atoms with Gasteiger partial charge >= 0.3 is 0 Å². The fourth-order valence-electron chi connectivity index (χ4n) is 3.27. The Morgan fingerprint density at radius 3 is 2.84 bits per heavy atom. The lowest BCUT2D eigenvalue weighted by Crippen LogP contribution is -2.33. The highest BCUT2D eigenvalue weighted by molar-refractivity contribution is 5.79. The lowest BCUT2D eigenvalue weighted by atomic mass is 10.0. The third-order valence-electron chi connectivity index (χ3n) is 4.46. The van der Waals surface area contributed by atoms with Crippen LogP contribution in [0.4, 0.5) is 0 Å². The highest BCUT2D eigenvalue weighted by Gasteiger charge is 2.33. The van der Waals surface area contributed by atoms with Gasteiger partial charge in [-0.1, -0.05) is 10.3 Å². The summed E-state index contributed by atoms with van der Waals surface area (Å²) >= 11 is 0. The van der Waals surface area contributed by atoms with Crippen LogP contribution in [0.3, 0.4) is 0 Å². The van der Waals surface area contributed by atoms with Crippen LogP contribution in [-0.2, 0) is 17.8 Å². The molecule has 0 spiro atoms. The summed E-state index contributed by atoms with van der Waals surface area (Å²) in [5.41, 5.74) is 3.29. The van der Waals surface area contributed by atoms with Crippen molar-refractivity contribution in [1.82, 2.24) is 30.1 Å². The van der Waals surface area contributed by atoms with Crippen LogP contribution >= 0.6 is 0 Å². The number of amides is 1. The smallest absolute Gasteiger partial charge is 0.229 e. The predicted molar refractivity (Wildman–Crippen MR) is 90.6 cm³/mol. The molecule has 134 valence electrons. The van der Waals surface area contributed by atoms with Crippen molar-refractivity contribution in [3.8, 4) is 0 Å². The van der Waals surface area contributed by atoms with Gasteiger partial charge in [-0.2, -0.15) is 0 Å². The molecule has 2 aromatic heterocycles. The van der Waals surface area contributed by atoms with E-state index in [1.807, 2.05) is 32.1 Å². The molecule has 0 aliphatic carbocycles. The van der Waals surface area contributed by atoms with E-state index in [9.17, 15) is 4.79 Å². The van der Waals surface area contributed by atoms with Gasteiger partial charge in [0.2, 0.25) is 5.91 Å². The quantitative estimate of drug-likeness (QED) is 0.811. The van der Waals surface area contributed by atoms with Crippen molar-refractivity contribution in [2.75, 3.05) is 20.6 Å². The van der Waals surface area contributed by atoms with E-state index < -0.39 is 0 Å². The number of carbonyl (C=O) groups is 1. The molecule has 3 rings (SSSR count). The molecule has 2 aromatic rings. The van der Waals surface area contributed by atoms with Crippen molar-refractivity contribution < 1.29 is 9.42 Å². The number of aryl methyl sites for hydroxylation is 2. The van der Waals surface area contributed by atoms with Crippen LogP contribution in [0, 0.1) is 13.8 Å². The van der Waals surface area contributed by atoms with Crippen LogP contribution in [0.25, 0.3) is 0 Å². The number of aromatic nitrogens is 4. The third-order valence-corrected chi connectivity index (χ3v) is 4.46. The summed E-state index contributed by atoms with van der Waals surface area (Å²) < 4.78 is 4.70. The van der Waals surface area contributed by atoms with Gasteiger partial charge in [-0.15, -0.1) is 0 Å². The van der Waals surface area contributed by atoms with Gasteiger partial charge in [0, 0.05) is 24.8 Å². The zero-order chi connectivity index (χ0) is 18.0. The molecular formula is C17H24N6O2. The number of rotatable bonds is 5. The molecule has 0 aromatic carbocycles. The van der Waals surface area contributed by atoms with Crippen LogP contribution in [0.2, 0.25) is 0 Å². The molecule has 0 bridgehead atoms. The Labute approximate surface area is 147 Å². The van der Waals surface area contributed by atoms with Gasteiger partial charge in [0.1, 0.15) is 17.2 Å². The van der Waals surface area contributed by atoms with Crippen LogP contribution in [-0.4, -0.2) is 56.6 Å². The zero-order valence-electron chi connectivity index (χ0n) is 15.2. The second-order valence-electron chi connectivity index (χ2n) is 6.78. The first-order chi connectivity index (χ1) is 12.0. The predicted octanol–water partition coefficient (Wildman–Crippen LogP) is 1.44. The van der Waals surface area contributed by atoms with Crippen LogP contribution < -0.4 is 0 Å². The van der Waals surface area contributed by atoms with Gasteiger partial charge in [0.25, 0.3) is 0 Å². The summed E-state index contributed by atoms with van der Waals surface area (Å²) in [5, 5.41) is 7.58. The summed E-state index contributed by atoms with van der Waals surface area (Å²) in [7, 11) is 4.03. The first-order valence-corrected chi connectivity index (χ1v) is 8.50. The minimum Gasteiger partial charge on any atom is -0.334 e. The van der Waals surface area contributed by atoms with Crippen molar-refractivity contribution in [2.45, 2.75) is 45.7 Å². The van der Waals surface area contributed by atoms with Crippen LogP contribution in [0.1, 0.15) is 47.4 Å². The Morgan fingerprint density at radius 2 is 2.16 bits per heavy atom. The summed E-state index contributed by atoms with van der Waals surface area (Å²) in [5.74, 6) is 0.765. The zero-order valence-corrected chi connectivity index (χ0v) is 15.2. The molecule has 1 fully saturated rings. The van der Waals surface area contributed by atoms with Crippen molar-refractivity contribution in [1.29, 1.82) is 0 Å². The van der Waals surface area contributed by atoms with Crippen molar-refractivity contribution in [3.05, 3.63) is 34.7 Å². The SMILES string of the molecule is Cc1ncc(CN(C)C)c([C@H]2CCCN2C(=O)Cc2nonc2C)n1. The molecule has 8 heteroatoms. The second kappa shape index (κ2) is 7.26. The maximum absolute atomic E-state index is 12.8. The molecule has 3 heterocycles. The Hall–Kier alpha value is -2.35. The third kappa shape index (κ3) is 3.84. The molecule has 25 heavy (non-hydrogen) atoms. The molecule has 1 aliphatic rings. The van der Waals surface area contributed by atoms with Gasteiger partial charge in [-0.25, -0.2) is 14.6 Å². The normalized spacial score (nSPS) is 17.5. The van der Waals surface area contributed by atoms with E-state index in [2.05, 4.69) is 25.2 Å². The van der Waals surface area contributed by atoms with E-state index in [1.54, 1.807) is 6.92 Å². The summed E-state index contributed by atoms with van der Waals surface area (Å²) in [6.07, 6.45) is 3.97. The maximum atomic E-state index is 12.8. The fourth-order valence-corrected chi connectivity index (χ4v) is 3.27. The second-order valence-corrected chi connectivity index (χ2v) is 6.78. The van der Waals surface area contributed by atoms with E-state index in [-0.39, 0.29) is 18.4 Å². The first-order valence-electron chi connectivity index (χ1n) is 8.50. The minimum atomic E-state index is -0.00989. The molecule has 1 atom stereocenters. The van der Waals surface area contributed by atoms with E-state index in [4.69, 9.17) is 4.63 Å². The van der Waals surface area contributed by atoms with E-state index in [1.165, 1.54) is 0 Å². The Kier molecular flexibility index (Phi) is 5.08. The van der Waals surface area contributed by atoms with Gasteiger partial charge in [0.05, 0.1) is 18.2 Å². The highest BCUT2D eigenvalue weighted by atomic mass is 16.6. The van der Waals surface area contributed by atoms with Gasteiger partial charge < -0.3 is 9.80 Å². The number of carbonyl (C=O) groups excluding carboxylic acids is 1. The average Bonchev–Trinajstić information content (AvgIpc) is 3.18. The van der Waals surface area contributed by atoms with Crippen molar-refractivity contribution in [2.24, 2.45) is 0 Å². The van der Waals surface area contributed by atoms with E-state index in [0.29, 0.717) is 11.4 Å². The molecule has 8 nitrogen and oxygen atoms in total. The maximum Gasteiger partial charge on any atom is 0.229 e. The van der Waals surface area contributed by atoms with Crippen molar-refractivity contribution in [3.63, 3.8) is 0 Å². The molecule has 0 N–H and O–H groups in total. The average molecular weight is 344 g/mol. The largest absolute Gasteiger partial charge is 0.334 e. The Morgan fingerprint density at radius 1 is 1.36 bits per heavy atom. The van der Waals surface area contributed by atoms with Gasteiger partial charge in [-0.05, 0) is 40.8 Å². The monoisotopic (exact) mass is 344 g/mol. The molecule has 1 amide bonds. The minimum absolute atomic E-state index is 0.00989. The molecule has 1 aliphatic heterocycles. The lowest BCUT2D eigenvalue weighted by molar-refractivity contribution is -0.131. The summed E-state index contributed by atoms with van der Waals surface area (Å²) in [6, 6.07) is -0.00989. The van der Waals surface area contributed by atoms with Gasteiger partial charge in [-0.3, -0.25) is 4.79 Å². The van der Waals surface area contributed by atoms with Gasteiger partial charge in [0.15, 0.2) is 0 Å². The standard InChI is InChI=1S/C17H24N6O2/c1-11-14(21-25-20-11)8-16(24)23-7-5-6-15(23)17-13(10-22(3)4)9-18-12(2)19-17/h9,15H,5-8,10H2,1-4H3/t15-/m1/s1. The van der Waals surface area contributed by atoms with E-state index >= 15 is 0 Å². The highest BCUT2D eigenvalue weighted by Crippen LogP contribution is 2.33. The topological polar surface area (TPSA) is 88.3 Å².